The highest BCUT2D eigenvalue weighted by atomic mass is 35.5. The first-order valence-corrected chi connectivity index (χ1v) is 8.38. The maximum Gasteiger partial charge on any atom is 0.355 e. The molecule has 0 aliphatic heterocycles. The molecule has 0 spiro atoms. The molecule has 1 aromatic carbocycles. The van der Waals surface area contributed by atoms with Crippen LogP contribution in [0.1, 0.15) is 5.56 Å². The van der Waals surface area contributed by atoms with Crippen molar-refractivity contribution in [2.45, 2.75) is 6.42 Å². The summed E-state index contributed by atoms with van der Waals surface area (Å²) in [6, 6.07) is 12.3. The van der Waals surface area contributed by atoms with Gasteiger partial charge in [-0.15, -0.1) is 0 Å². The zero-order valence-electron chi connectivity index (χ0n) is 14.3. The molecule has 0 saturated heterocycles. The number of pyridine rings is 1. The number of halogens is 1. The van der Waals surface area contributed by atoms with Crippen molar-refractivity contribution in [3.05, 3.63) is 75.8 Å². The lowest BCUT2D eigenvalue weighted by Gasteiger charge is -2.11. The molecular formula is C17H14ClN7O3. The Morgan fingerprint density at radius 3 is 2.54 bits per heavy atom. The van der Waals surface area contributed by atoms with Gasteiger partial charge in [-0.1, -0.05) is 41.9 Å². The van der Waals surface area contributed by atoms with E-state index in [2.05, 4.69) is 31.1 Å². The number of aromatic nitrogens is 3. The molecule has 3 aromatic rings. The first kappa shape index (κ1) is 19.0. The summed E-state index contributed by atoms with van der Waals surface area (Å²) < 4.78 is 0. The number of anilines is 3. The molecule has 0 unspecified atom stereocenters. The maximum atomic E-state index is 12.1. The molecule has 0 aliphatic carbocycles. The average molecular weight is 400 g/mol. The second-order valence-corrected chi connectivity index (χ2v) is 5.84. The lowest BCUT2D eigenvalue weighted by Crippen LogP contribution is -2.31. The second-order valence-electron chi connectivity index (χ2n) is 5.48. The van der Waals surface area contributed by atoms with Crippen LogP contribution in [0.2, 0.25) is 5.15 Å². The molecule has 0 saturated carbocycles. The molecule has 10 nitrogen and oxygen atoms in total. The summed E-state index contributed by atoms with van der Waals surface area (Å²) in [7, 11) is 0. The largest absolute Gasteiger partial charge is 0.355 e. The highest BCUT2D eigenvalue weighted by Crippen LogP contribution is 2.32. The summed E-state index contributed by atoms with van der Waals surface area (Å²) in [5, 5.41) is 14.4. The molecule has 1 amide bonds. The smallest absolute Gasteiger partial charge is 0.332 e. The Labute approximate surface area is 164 Å². The molecule has 0 aliphatic rings. The van der Waals surface area contributed by atoms with Gasteiger partial charge in [0.15, 0.2) is 5.15 Å². The van der Waals surface area contributed by atoms with Gasteiger partial charge in [-0.2, -0.15) is 0 Å². The molecule has 0 bridgehead atoms. The minimum atomic E-state index is -0.668. The Hall–Kier alpha value is -3.79. The fraction of sp³-hybridized carbons (Fsp3) is 0.0588. The predicted octanol–water partition coefficient (Wildman–Crippen LogP) is 2.86. The Bertz CT molecular complexity index is 1000. The van der Waals surface area contributed by atoms with Crippen LogP contribution in [0.4, 0.5) is 23.0 Å². The van der Waals surface area contributed by atoms with Crippen molar-refractivity contribution in [1.82, 2.24) is 20.4 Å². The van der Waals surface area contributed by atoms with Gasteiger partial charge < -0.3 is 5.32 Å². The summed E-state index contributed by atoms with van der Waals surface area (Å²) in [5.41, 5.74) is 5.55. The average Bonchev–Trinajstić information content (AvgIpc) is 2.69. The van der Waals surface area contributed by atoms with E-state index < -0.39 is 10.6 Å². The van der Waals surface area contributed by atoms with E-state index in [4.69, 9.17) is 11.6 Å². The SMILES string of the molecule is O=C(Cc1ccccc1)NNc1ncnc(Nc2cccnc2Cl)c1[N+](=O)[O-]. The highest BCUT2D eigenvalue weighted by Gasteiger charge is 2.24. The van der Waals surface area contributed by atoms with Gasteiger partial charge in [-0.25, -0.2) is 15.0 Å². The van der Waals surface area contributed by atoms with Crippen LogP contribution in [0, 0.1) is 10.1 Å². The number of nitrogens with zero attached hydrogens (tertiary/aromatic N) is 4. The van der Waals surface area contributed by atoms with E-state index in [9.17, 15) is 14.9 Å². The first-order valence-electron chi connectivity index (χ1n) is 8.00. The number of carbonyl (C=O) groups excluding carboxylic acids is 1. The topological polar surface area (TPSA) is 135 Å². The maximum absolute atomic E-state index is 12.1. The van der Waals surface area contributed by atoms with Gasteiger partial charge in [0.2, 0.25) is 17.5 Å². The Morgan fingerprint density at radius 1 is 1.07 bits per heavy atom. The predicted molar refractivity (Wildman–Crippen MR) is 103 cm³/mol. The summed E-state index contributed by atoms with van der Waals surface area (Å²) in [4.78, 5) is 34.5. The van der Waals surface area contributed by atoms with E-state index in [1.54, 1.807) is 24.3 Å². The summed E-state index contributed by atoms with van der Waals surface area (Å²) in [6.07, 6.45) is 2.70. The zero-order chi connectivity index (χ0) is 19.9. The van der Waals surface area contributed by atoms with Crippen molar-refractivity contribution in [3.8, 4) is 0 Å². The van der Waals surface area contributed by atoms with Gasteiger partial charge in [0.1, 0.15) is 6.33 Å². The van der Waals surface area contributed by atoms with Crippen molar-refractivity contribution in [2.24, 2.45) is 0 Å². The fourth-order valence-corrected chi connectivity index (χ4v) is 2.46. The Kier molecular flexibility index (Phi) is 5.92. The molecule has 3 N–H and O–H groups in total. The standard InChI is InChI=1S/C17H14ClN7O3/c18-15-12(7-4-8-19-15)22-16-14(25(27)28)17(21-10-20-16)24-23-13(26)9-11-5-2-1-3-6-11/h1-8,10H,9H2,(H,23,26)(H2,20,21,22,24). The van der Waals surface area contributed by atoms with Crippen LogP contribution >= 0.6 is 11.6 Å². The highest BCUT2D eigenvalue weighted by molar-refractivity contribution is 6.32. The van der Waals surface area contributed by atoms with E-state index in [0.717, 1.165) is 11.9 Å². The molecule has 11 heteroatoms. The molecule has 0 atom stereocenters. The van der Waals surface area contributed by atoms with Gasteiger partial charge in [0.05, 0.1) is 17.0 Å². The van der Waals surface area contributed by atoms with Crippen LogP contribution in [0.3, 0.4) is 0 Å². The zero-order valence-corrected chi connectivity index (χ0v) is 15.1. The molecule has 3 rings (SSSR count). The van der Waals surface area contributed by atoms with Crippen molar-refractivity contribution >= 4 is 40.5 Å². The molecule has 28 heavy (non-hydrogen) atoms. The number of carbonyl (C=O) groups is 1. The van der Waals surface area contributed by atoms with Crippen molar-refractivity contribution < 1.29 is 9.72 Å². The number of nitro groups is 1. The van der Waals surface area contributed by atoms with Crippen LogP contribution in [0.15, 0.2) is 55.0 Å². The Morgan fingerprint density at radius 2 is 1.82 bits per heavy atom. The molecular weight excluding hydrogens is 386 g/mol. The quantitative estimate of drug-likeness (QED) is 0.313. The van der Waals surface area contributed by atoms with Crippen LogP contribution < -0.4 is 16.2 Å². The van der Waals surface area contributed by atoms with Crippen LogP contribution in [0.5, 0.6) is 0 Å². The minimum Gasteiger partial charge on any atom is -0.332 e. The number of hydrazine groups is 1. The third kappa shape index (κ3) is 4.68. The van der Waals surface area contributed by atoms with E-state index in [1.807, 2.05) is 18.2 Å². The lowest BCUT2D eigenvalue weighted by atomic mass is 10.1. The summed E-state index contributed by atoms with van der Waals surface area (Å²) in [6.45, 7) is 0. The second kappa shape index (κ2) is 8.73. The minimum absolute atomic E-state index is 0.100. The van der Waals surface area contributed by atoms with E-state index in [1.165, 1.54) is 6.20 Å². The number of rotatable bonds is 7. The number of hydrogen-bond donors (Lipinski definition) is 3. The van der Waals surface area contributed by atoms with Gasteiger partial charge in [0.25, 0.3) is 0 Å². The number of amides is 1. The van der Waals surface area contributed by atoms with Crippen molar-refractivity contribution in [3.63, 3.8) is 0 Å². The monoisotopic (exact) mass is 399 g/mol. The van der Waals surface area contributed by atoms with Crippen LogP contribution in [-0.2, 0) is 11.2 Å². The molecule has 142 valence electrons. The summed E-state index contributed by atoms with van der Waals surface area (Å²) in [5.74, 6) is -0.664. The van der Waals surface area contributed by atoms with E-state index in [0.29, 0.717) is 5.69 Å². The molecule has 2 heterocycles. The third-order valence-corrected chi connectivity index (χ3v) is 3.85. The number of nitrogens with one attached hydrogen (secondary N) is 3. The first-order chi connectivity index (χ1) is 13.5. The lowest BCUT2D eigenvalue weighted by molar-refractivity contribution is -0.383. The third-order valence-electron chi connectivity index (χ3n) is 3.54. The summed E-state index contributed by atoms with van der Waals surface area (Å²) >= 11 is 5.97. The van der Waals surface area contributed by atoms with E-state index in [-0.39, 0.29) is 29.1 Å². The van der Waals surface area contributed by atoms with Gasteiger partial charge in [-0.3, -0.25) is 25.8 Å². The van der Waals surface area contributed by atoms with Gasteiger partial charge >= 0.3 is 5.69 Å². The van der Waals surface area contributed by atoms with Crippen molar-refractivity contribution in [2.75, 3.05) is 10.7 Å². The number of hydrogen-bond acceptors (Lipinski definition) is 8. The van der Waals surface area contributed by atoms with Gasteiger partial charge in [0, 0.05) is 6.20 Å². The normalized spacial score (nSPS) is 10.2. The molecule has 2 aromatic heterocycles. The van der Waals surface area contributed by atoms with Crippen molar-refractivity contribution in [1.29, 1.82) is 0 Å². The van der Waals surface area contributed by atoms with Crippen LogP contribution in [0.25, 0.3) is 0 Å². The fourth-order valence-electron chi connectivity index (χ4n) is 2.30. The van der Waals surface area contributed by atoms with Gasteiger partial charge in [-0.05, 0) is 17.7 Å². The molecule has 0 fully saturated rings. The number of benzene rings is 1. The molecule has 0 radical (unpaired) electrons. The Balaban J connectivity index is 1.76. The van der Waals surface area contributed by atoms with Crippen LogP contribution in [-0.4, -0.2) is 25.8 Å². The van der Waals surface area contributed by atoms with E-state index >= 15 is 0 Å².